The monoisotopic (exact) mass is 224 g/mol. The van der Waals surface area contributed by atoms with Gasteiger partial charge in [0.05, 0.1) is 12.5 Å². The first-order chi connectivity index (χ1) is 8.40. The van der Waals surface area contributed by atoms with Crippen LogP contribution in [0.3, 0.4) is 0 Å². The molecular formula is C14H8O3. The van der Waals surface area contributed by atoms with E-state index in [1.165, 1.54) is 0 Å². The lowest BCUT2D eigenvalue weighted by Crippen LogP contribution is -1.63. The molecule has 0 aliphatic carbocycles. The summed E-state index contributed by atoms with van der Waals surface area (Å²) >= 11 is 0. The van der Waals surface area contributed by atoms with Gasteiger partial charge < -0.3 is 13.3 Å². The fourth-order valence-corrected chi connectivity index (χ4v) is 2.03. The highest BCUT2D eigenvalue weighted by Gasteiger charge is 2.10. The van der Waals surface area contributed by atoms with E-state index in [1.807, 2.05) is 36.4 Å². The summed E-state index contributed by atoms with van der Waals surface area (Å²) in [5.41, 5.74) is 1.70. The van der Waals surface area contributed by atoms with Gasteiger partial charge in [0.25, 0.3) is 0 Å². The van der Waals surface area contributed by atoms with E-state index in [0.29, 0.717) is 0 Å². The lowest BCUT2D eigenvalue weighted by molar-refractivity contribution is 0.542. The lowest BCUT2D eigenvalue weighted by atomic mass is 10.2. The Morgan fingerprint density at radius 2 is 1.65 bits per heavy atom. The number of hydrogen-bond acceptors (Lipinski definition) is 3. The third kappa shape index (κ3) is 1.22. The fourth-order valence-electron chi connectivity index (χ4n) is 2.03. The van der Waals surface area contributed by atoms with Gasteiger partial charge in [0.1, 0.15) is 11.2 Å². The zero-order valence-corrected chi connectivity index (χ0v) is 8.84. The molecule has 3 heteroatoms. The maximum absolute atomic E-state index is 5.75. The third-order valence-electron chi connectivity index (χ3n) is 2.86. The van der Waals surface area contributed by atoms with Crippen LogP contribution in [0.1, 0.15) is 0 Å². The maximum Gasteiger partial charge on any atom is 0.170 e. The first kappa shape index (κ1) is 8.70. The van der Waals surface area contributed by atoms with Gasteiger partial charge in [-0.15, -0.1) is 0 Å². The van der Waals surface area contributed by atoms with E-state index < -0.39 is 0 Å². The van der Waals surface area contributed by atoms with Gasteiger partial charge in [-0.05, 0) is 36.4 Å². The van der Waals surface area contributed by atoms with Crippen molar-refractivity contribution in [3.63, 3.8) is 0 Å². The molecule has 0 saturated heterocycles. The highest BCUT2D eigenvalue weighted by atomic mass is 16.4. The summed E-state index contributed by atoms with van der Waals surface area (Å²) in [4.78, 5) is 0. The van der Waals surface area contributed by atoms with Crippen molar-refractivity contribution in [3.8, 4) is 11.5 Å². The molecule has 3 heterocycles. The van der Waals surface area contributed by atoms with Crippen molar-refractivity contribution in [1.82, 2.24) is 0 Å². The van der Waals surface area contributed by atoms with Crippen LogP contribution in [0.15, 0.2) is 62.2 Å². The normalized spacial score (nSPS) is 11.5. The fraction of sp³-hybridized carbons (Fsp3) is 0. The van der Waals surface area contributed by atoms with Crippen LogP contribution in [0.25, 0.3) is 33.5 Å². The number of hydrogen-bond donors (Lipinski definition) is 0. The van der Waals surface area contributed by atoms with Crippen LogP contribution in [-0.4, -0.2) is 0 Å². The average molecular weight is 224 g/mol. The van der Waals surface area contributed by atoms with Gasteiger partial charge in [0.15, 0.2) is 11.5 Å². The molecular weight excluding hydrogens is 216 g/mol. The molecule has 17 heavy (non-hydrogen) atoms. The Morgan fingerprint density at radius 1 is 0.706 bits per heavy atom. The Morgan fingerprint density at radius 3 is 2.53 bits per heavy atom. The van der Waals surface area contributed by atoms with E-state index in [2.05, 4.69) is 0 Å². The summed E-state index contributed by atoms with van der Waals surface area (Å²) in [5, 5.41) is 2.05. The van der Waals surface area contributed by atoms with Crippen molar-refractivity contribution < 1.29 is 13.3 Å². The van der Waals surface area contributed by atoms with Crippen molar-refractivity contribution in [1.29, 1.82) is 0 Å². The van der Waals surface area contributed by atoms with Gasteiger partial charge in [-0.25, -0.2) is 0 Å². The quantitative estimate of drug-likeness (QED) is 0.479. The Balaban J connectivity index is 2.02. The molecule has 3 aromatic heterocycles. The predicted octanol–water partition coefficient (Wildman–Crippen LogP) is 4.44. The van der Waals surface area contributed by atoms with E-state index >= 15 is 0 Å². The first-order valence-electron chi connectivity index (χ1n) is 5.35. The standard InChI is InChI=1S/C14H8O3/c1-2-11(15-4-1)14-8-10-7-12-9(3-5-16-12)6-13(10)17-14/h1-8H. The van der Waals surface area contributed by atoms with Crippen LogP contribution < -0.4 is 0 Å². The molecule has 0 N–H and O–H groups in total. The smallest absolute Gasteiger partial charge is 0.170 e. The van der Waals surface area contributed by atoms with Gasteiger partial charge in [0, 0.05) is 10.8 Å². The highest BCUT2D eigenvalue weighted by Crippen LogP contribution is 2.31. The Hall–Kier alpha value is -2.42. The number of furan rings is 3. The van der Waals surface area contributed by atoms with E-state index in [-0.39, 0.29) is 0 Å². The summed E-state index contributed by atoms with van der Waals surface area (Å²) in [6.45, 7) is 0. The lowest BCUT2D eigenvalue weighted by Gasteiger charge is -1.88. The number of benzene rings is 1. The Bertz CT molecular complexity index is 739. The van der Waals surface area contributed by atoms with E-state index in [4.69, 9.17) is 13.3 Å². The molecule has 0 radical (unpaired) electrons. The SMILES string of the molecule is c1coc(-c2cc3cc4occc4cc3o2)c1. The molecule has 0 amide bonds. The van der Waals surface area contributed by atoms with Gasteiger partial charge in [-0.2, -0.15) is 0 Å². The minimum absolute atomic E-state index is 0.734. The van der Waals surface area contributed by atoms with E-state index in [0.717, 1.165) is 33.5 Å². The minimum Gasteiger partial charge on any atom is -0.464 e. The summed E-state index contributed by atoms with van der Waals surface area (Å²) in [7, 11) is 0. The second-order valence-electron chi connectivity index (χ2n) is 3.94. The first-order valence-corrected chi connectivity index (χ1v) is 5.35. The van der Waals surface area contributed by atoms with Gasteiger partial charge in [-0.3, -0.25) is 0 Å². The molecule has 0 bridgehead atoms. The Kier molecular flexibility index (Phi) is 1.56. The second kappa shape index (κ2) is 3.04. The second-order valence-corrected chi connectivity index (χ2v) is 3.94. The van der Waals surface area contributed by atoms with Crippen LogP contribution >= 0.6 is 0 Å². The Labute approximate surface area is 96.2 Å². The molecule has 4 aromatic rings. The van der Waals surface area contributed by atoms with Crippen LogP contribution in [0, 0.1) is 0 Å². The number of rotatable bonds is 1. The largest absolute Gasteiger partial charge is 0.464 e. The zero-order chi connectivity index (χ0) is 11.2. The number of fused-ring (bicyclic) bond motifs is 2. The van der Waals surface area contributed by atoms with Gasteiger partial charge >= 0.3 is 0 Å². The van der Waals surface area contributed by atoms with E-state index in [1.54, 1.807) is 12.5 Å². The maximum atomic E-state index is 5.75. The van der Waals surface area contributed by atoms with Crippen LogP contribution in [-0.2, 0) is 0 Å². The molecule has 0 saturated carbocycles. The van der Waals surface area contributed by atoms with Crippen molar-refractivity contribution in [2.75, 3.05) is 0 Å². The third-order valence-corrected chi connectivity index (χ3v) is 2.86. The molecule has 0 fully saturated rings. The van der Waals surface area contributed by atoms with Crippen LogP contribution in [0.5, 0.6) is 0 Å². The predicted molar refractivity (Wildman–Crippen MR) is 63.7 cm³/mol. The molecule has 4 rings (SSSR count). The summed E-state index contributed by atoms with van der Waals surface area (Å²) < 4.78 is 16.4. The van der Waals surface area contributed by atoms with Crippen molar-refractivity contribution in [2.45, 2.75) is 0 Å². The molecule has 1 aromatic carbocycles. The molecule has 0 atom stereocenters. The highest BCUT2D eigenvalue weighted by molar-refractivity contribution is 5.94. The molecule has 0 aliphatic rings. The van der Waals surface area contributed by atoms with Gasteiger partial charge in [-0.1, -0.05) is 0 Å². The summed E-state index contributed by atoms with van der Waals surface area (Å²) in [6.07, 6.45) is 3.31. The summed E-state index contributed by atoms with van der Waals surface area (Å²) in [5.74, 6) is 1.47. The minimum atomic E-state index is 0.734. The zero-order valence-electron chi connectivity index (χ0n) is 8.84. The molecule has 3 nitrogen and oxygen atoms in total. The van der Waals surface area contributed by atoms with Crippen molar-refractivity contribution >= 4 is 21.9 Å². The van der Waals surface area contributed by atoms with Crippen LogP contribution in [0.2, 0.25) is 0 Å². The van der Waals surface area contributed by atoms with Crippen molar-refractivity contribution in [2.24, 2.45) is 0 Å². The molecule has 82 valence electrons. The molecule has 0 spiro atoms. The average Bonchev–Trinajstić information content (AvgIpc) is 3.05. The van der Waals surface area contributed by atoms with Crippen LogP contribution in [0.4, 0.5) is 0 Å². The molecule has 0 aliphatic heterocycles. The van der Waals surface area contributed by atoms with Gasteiger partial charge in [0.2, 0.25) is 0 Å². The van der Waals surface area contributed by atoms with E-state index in [9.17, 15) is 0 Å². The molecule has 0 unspecified atom stereocenters. The topological polar surface area (TPSA) is 39.4 Å². The summed E-state index contributed by atoms with van der Waals surface area (Å²) in [6, 6.07) is 11.5. The van der Waals surface area contributed by atoms with Crippen molar-refractivity contribution in [3.05, 3.63) is 48.9 Å².